The second-order valence-electron chi connectivity index (χ2n) is 7.25. The lowest BCUT2D eigenvalue weighted by Crippen LogP contribution is -2.16. The summed E-state index contributed by atoms with van der Waals surface area (Å²) in [7, 11) is 0. The van der Waals surface area contributed by atoms with E-state index in [0.29, 0.717) is 19.6 Å². The van der Waals surface area contributed by atoms with Crippen LogP contribution in [-0.4, -0.2) is 14.7 Å². The van der Waals surface area contributed by atoms with Gasteiger partial charge in [-0.2, -0.15) is 5.26 Å². The number of nitriles is 1. The van der Waals surface area contributed by atoms with Gasteiger partial charge >= 0.3 is 0 Å². The Morgan fingerprint density at radius 3 is 2.71 bits per heavy atom. The maximum Gasteiger partial charge on any atom is 0.141 e. The number of nitrogens with one attached hydrogen (secondary N) is 1. The first-order chi connectivity index (χ1) is 15.1. The minimum atomic E-state index is -0.511. The molecule has 4 aromatic rings. The third kappa shape index (κ3) is 4.80. The van der Waals surface area contributed by atoms with E-state index < -0.39 is 5.82 Å². The normalized spacial score (nSPS) is 10.7. The minimum absolute atomic E-state index is 0.0432. The molecule has 0 amide bonds. The molecule has 0 radical (unpaired) electrons. The van der Waals surface area contributed by atoms with E-state index in [1.54, 1.807) is 30.7 Å². The zero-order chi connectivity index (χ0) is 21.6. The van der Waals surface area contributed by atoms with E-state index in [1.807, 2.05) is 41.0 Å². The summed E-state index contributed by atoms with van der Waals surface area (Å²) in [4.78, 5) is 4.22. The van der Waals surface area contributed by atoms with E-state index in [9.17, 15) is 9.50 Å². The van der Waals surface area contributed by atoms with Crippen LogP contribution in [0.25, 0.3) is 11.1 Å². The van der Waals surface area contributed by atoms with Crippen molar-refractivity contribution in [3.05, 3.63) is 107 Å². The third-order valence-corrected chi connectivity index (χ3v) is 5.10. The Bertz CT molecular complexity index is 1240. The van der Waals surface area contributed by atoms with Crippen LogP contribution in [0.5, 0.6) is 5.75 Å². The van der Waals surface area contributed by atoms with Crippen molar-refractivity contribution in [2.24, 2.45) is 0 Å². The van der Waals surface area contributed by atoms with E-state index in [1.165, 1.54) is 12.1 Å². The summed E-state index contributed by atoms with van der Waals surface area (Å²) in [5.41, 5.74) is 4.93. The van der Waals surface area contributed by atoms with Gasteiger partial charge in [-0.3, -0.25) is 0 Å². The van der Waals surface area contributed by atoms with Gasteiger partial charge in [-0.1, -0.05) is 42.5 Å². The third-order valence-electron chi connectivity index (χ3n) is 5.10. The number of aromatic nitrogens is 2. The number of phenolic OH excluding ortho intramolecular Hbond substituents is 1. The van der Waals surface area contributed by atoms with Crippen molar-refractivity contribution in [3.8, 4) is 22.9 Å². The molecule has 0 unspecified atom stereocenters. The van der Waals surface area contributed by atoms with Crippen LogP contribution in [0.4, 0.5) is 4.39 Å². The van der Waals surface area contributed by atoms with Crippen LogP contribution >= 0.6 is 0 Å². The van der Waals surface area contributed by atoms with Gasteiger partial charge in [0.1, 0.15) is 17.6 Å². The van der Waals surface area contributed by atoms with Gasteiger partial charge in [-0.15, -0.1) is 0 Å². The maximum atomic E-state index is 13.9. The molecule has 1 heterocycles. The summed E-state index contributed by atoms with van der Waals surface area (Å²) in [6.07, 6.45) is 3.50. The van der Waals surface area contributed by atoms with E-state index in [-0.39, 0.29) is 11.3 Å². The molecule has 31 heavy (non-hydrogen) atoms. The Morgan fingerprint density at radius 2 is 1.90 bits per heavy atom. The zero-order valence-electron chi connectivity index (χ0n) is 16.8. The number of hydrogen-bond acceptors (Lipinski definition) is 4. The molecule has 154 valence electrons. The fourth-order valence-electron chi connectivity index (χ4n) is 3.54. The highest BCUT2D eigenvalue weighted by molar-refractivity contribution is 5.68. The van der Waals surface area contributed by atoms with Crippen molar-refractivity contribution in [1.82, 2.24) is 14.9 Å². The average Bonchev–Trinajstić information content (AvgIpc) is 3.21. The van der Waals surface area contributed by atoms with Crippen molar-refractivity contribution in [3.63, 3.8) is 0 Å². The van der Waals surface area contributed by atoms with Crippen LogP contribution in [0, 0.1) is 17.1 Å². The fourth-order valence-corrected chi connectivity index (χ4v) is 3.54. The predicted octanol–water partition coefficient (Wildman–Crippen LogP) is 4.60. The Hall–Kier alpha value is -3.95. The lowest BCUT2D eigenvalue weighted by atomic mass is 9.99. The average molecular weight is 412 g/mol. The molecule has 0 spiro atoms. The molecular weight excluding hydrogens is 391 g/mol. The second kappa shape index (κ2) is 9.24. The first kappa shape index (κ1) is 20.3. The lowest BCUT2D eigenvalue weighted by molar-refractivity contribution is 0.475. The summed E-state index contributed by atoms with van der Waals surface area (Å²) in [6.45, 7) is 1.70. The van der Waals surface area contributed by atoms with Gasteiger partial charge in [0.2, 0.25) is 0 Å². The molecule has 2 N–H and O–H groups in total. The van der Waals surface area contributed by atoms with Crippen molar-refractivity contribution in [2.75, 3.05) is 0 Å². The van der Waals surface area contributed by atoms with Gasteiger partial charge in [-0.05, 0) is 46.5 Å². The monoisotopic (exact) mass is 412 g/mol. The Kier molecular flexibility index (Phi) is 6.06. The minimum Gasteiger partial charge on any atom is -0.508 e. The topological polar surface area (TPSA) is 73.9 Å². The molecular formula is C25H21FN4O. The number of halogens is 1. The lowest BCUT2D eigenvalue weighted by Gasteiger charge is -2.13. The Labute approximate surface area is 180 Å². The molecule has 1 aromatic heterocycles. The van der Waals surface area contributed by atoms with E-state index in [0.717, 1.165) is 27.9 Å². The molecule has 0 saturated carbocycles. The number of phenols is 1. The second-order valence-corrected chi connectivity index (χ2v) is 7.25. The van der Waals surface area contributed by atoms with Gasteiger partial charge < -0.3 is 15.0 Å². The summed E-state index contributed by atoms with van der Waals surface area (Å²) < 4.78 is 15.9. The van der Waals surface area contributed by atoms with Gasteiger partial charge in [0, 0.05) is 25.8 Å². The molecule has 3 aromatic carbocycles. The summed E-state index contributed by atoms with van der Waals surface area (Å²) in [5.74, 6) is -0.272. The molecule has 0 atom stereocenters. The number of aromatic hydroxyl groups is 1. The Morgan fingerprint density at radius 1 is 1.03 bits per heavy atom. The SMILES string of the molecule is N#Cc1ccc(Cn2cncc2CNCc2ccccc2-c2cccc(O)c2)cc1F. The summed E-state index contributed by atoms with van der Waals surface area (Å²) >= 11 is 0. The molecule has 4 rings (SSSR count). The molecule has 0 aliphatic rings. The van der Waals surface area contributed by atoms with E-state index >= 15 is 0 Å². The highest BCUT2D eigenvalue weighted by Gasteiger charge is 2.08. The predicted molar refractivity (Wildman–Crippen MR) is 117 cm³/mol. The number of benzene rings is 3. The fraction of sp³-hybridized carbons (Fsp3) is 0.120. The highest BCUT2D eigenvalue weighted by atomic mass is 19.1. The molecule has 6 heteroatoms. The van der Waals surface area contributed by atoms with Crippen molar-refractivity contribution in [1.29, 1.82) is 5.26 Å². The number of hydrogen-bond donors (Lipinski definition) is 2. The number of rotatable bonds is 7. The van der Waals surface area contributed by atoms with Crippen molar-refractivity contribution < 1.29 is 9.50 Å². The van der Waals surface area contributed by atoms with Gasteiger partial charge in [0.05, 0.1) is 17.6 Å². The molecule has 0 saturated heterocycles. The van der Waals surface area contributed by atoms with Crippen LogP contribution in [0.3, 0.4) is 0 Å². The number of nitrogens with zero attached hydrogens (tertiary/aromatic N) is 3. The maximum absolute atomic E-state index is 13.9. The van der Waals surface area contributed by atoms with Crippen LogP contribution in [0.2, 0.25) is 0 Å². The molecule has 0 aliphatic heterocycles. The molecule has 0 aliphatic carbocycles. The highest BCUT2D eigenvalue weighted by Crippen LogP contribution is 2.26. The quantitative estimate of drug-likeness (QED) is 0.465. The molecule has 0 fully saturated rings. The zero-order valence-corrected chi connectivity index (χ0v) is 16.8. The largest absolute Gasteiger partial charge is 0.508 e. The smallest absolute Gasteiger partial charge is 0.141 e. The van der Waals surface area contributed by atoms with Gasteiger partial charge in [0.15, 0.2) is 0 Å². The van der Waals surface area contributed by atoms with E-state index in [4.69, 9.17) is 5.26 Å². The summed E-state index contributed by atoms with van der Waals surface area (Å²) in [5, 5.41) is 22.1. The van der Waals surface area contributed by atoms with Crippen molar-refractivity contribution >= 4 is 0 Å². The van der Waals surface area contributed by atoms with Crippen molar-refractivity contribution in [2.45, 2.75) is 19.6 Å². The molecule has 5 nitrogen and oxygen atoms in total. The molecule has 0 bridgehead atoms. The Balaban J connectivity index is 1.44. The summed E-state index contributed by atoms with van der Waals surface area (Å²) in [6, 6.07) is 21.8. The van der Waals surface area contributed by atoms with E-state index in [2.05, 4.69) is 16.4 Å². The van der Waals surface area contributed by atoms with Crippen LogP contribution in [0.1, 0.15) is 22.4 Å². The van der Waals surface area contributed by atoms with Gasteiger partial charge in [0.25, 0.3) is 0 Å². The number of imidazole rings is 1. The van der Waals surface area contributed by atoms with Crippen LogP contribution in [-0.2, 0) is 19.6 Å². The van der Waals surface area contributed by atoms with Crippen LogP contribution < -0.4 is 5.32 Å². The van der Waals surface area contributed by atoms with Crippen LogP contribution in [0.15, 0.2) is 79.3 Å². The first-order valence-corrected chi connectivity index (χ1v) is 9.89. The van der Waals surface area contributed by atoms with Gasteiger partial charge in [-0.25, -0.2) is 9.37 Å². The standard InChI is InChI=1S/C25H21FN4O/c26-25-10-18(8-9-20(25)12-27)16-30-17-29-15-22(30)14-28-13-21-4-1-2-7-24(21)19-5-3-6-23(31)11-19/h1-11,15,17,28,31H,13-14,16H2. The first-order valence-electron chi connectivity index (χ1n) is 9.89.